The third-order valence-corrected chi connectivity index (χ3v) is 14.1. The first-order chi connectivity index (χ1) is 10.2. The van der Waals surface area contributed by atoms with E-state index in [0.29, 0.717) is 6.61 Å². The van der Waals surface area contributed by atoms with Gasteiger partial charge in [0.1, 0.15) is 0 Å². The van der Waals surface area contributed by atoms with Crippen molar-refractivity contribution in [3.63, 3.8) is 0 Å². The average Bonchev–Trinajstić information content (AvgIpc) is 2.37. The highest BCUT2D eigenvalue weighted by atomic mass is 28.5. The van der Waals surface area contributed by atoms with Gasteiger partial charge in [-0.3, -0.25) is 0 Å². The topological polar surface area (TPSA) is 36.9 Å². The van der Waals surface area contributed by atoms with E-state index in [0.717, 1.165) is 5.19 Å². The van der Waals surface area contributed by atoms with Crippen LogP contribution in [0.25, 0.3) is 0 Å². The lowest BCUT2D eigenvalue weighted by atomic mass is 10.4. The SMILES string of the molecule is CCO[Si](C)(C)O[Si](O[SiH](C)C)(O[SiH](C)C)c1ccccc1. The number of benzene rings is 1. The van der Waals surface area contributed by atoms with Crippen molar-refractivity contribution in [2.75, 3.05) is 6.61 Å². The fourth-order valence-corrected chi connectivity index (χ4v) is 14.9. The minimum atomic E-state index is -2.91. The van der Waals surface area contributed by atoms with Crippen LogP contribution in [0.4, 0.5) is 0 Å². The summed E-state index contributed by atoms with van der Waals surface area (Å²) in [5.41, 5.74) is 0. The van der Waals surface area contributed by atoms with E-state index in [2.05, 4.69) is 51.4 Å². The predicted molar refractivity (Wildman–Crippen MR) is 102 cm³/mol. The fourth-order valence-electron chi connectivity index (χ4n) is 2.23. The van der Waals surface area contributed by atoms with Crippen molar-refractivity contribution in [1.29, 1.82) is 0 Å². The Morgan fingerprint density at radius 2 is 1.41 bits per heavy atom. The largest absolute Gasteiger partial charge is 0.506 e. The van der Waals surface area contributed by atoms with Crippen LogP contribution in [0.1, 0.15) is 6.92 Å². The molecule has 0 aromatic heterocycles. The number of rotatable bonds is 9. The van der Waals surface area contributed by atoms with Gasteiger partial charge in [0.05, 0.1) is 0 Å². The molecule has 0 atom stereocenters. The van der Waals surface area contributed by atoms with Crippen molar-refractivity contribution in [2.45, 2.75) is 46.2 Å². The molecule has 1 aromatic rings. The normalized spacial score (nSPS) is 13.1. The van der Waals surface area contributed by atoms with Crippen molar-refractivity contribution in [3.05, 3.63) is 30.3 Å². The van der Waals surface area contributed by atoms with Crippen LogP contribution < -0.4 is 5.19 Å². The molecule has 1 aromatic carbocycles. The molecule has 0 heterocycles. The molecule has 22 heavy (non-hydrogen) atoms. The molecule has 0 spiro atoms. The number of hydrogen-bond acceptors (Lipinski definition) is 4. The molecule has 0 saturated carbocycles. The summed E-state index contributed by atoms with van der Waals surface area (Å²) in [6.07, 6.45) is 0. The molecule has 0 aliphatic heterocycles. The smallest absolute Gasteiger partial charge is 0.416 e. The quantitative estimate of drug-likeness (QED) is 0.623. The van der Waals surface area contributed by atoms with E-state index >= 15 is 0 Å². The molecule has 0 bridgehead atoms. The molecule has 0 N–H and O–H groups in total. The summed E-state index contributed by atoms with van der Waals surface area (Å²) in [7, 11) is -7.88. The maximum Gasteiger partial charge on any atom is 0.506 e. The second kappa shape index (κ2) is 8.69. The number of hydrogen-bond donors (Lipinski definition) is 0. The average molecular weight is 375 g/mol. The van der Waals surface area contributed by atoms with Crippen LogP contribution in [0.3, 0.4) is 0 Å². The monoisotopic (exact) mass is 374 g/mol. The third-order valence-electron chi connectivity index (χ3n) is 2.78. The zero-order chi connectivity index (χ0) is 16.8. The Kier molecular flexibility index (Phi) is 7.89. The summed E-state index contributed by atoms with van der Waals surface area (Å²) in [4.78, 5) is 0. The van der Waals surface area contributed by atoms with Crippen molar-refractivity contribution >= 4 is 40.6 Å². The van der Waals surface area contributed by atoms with E-state index in [1.807, 2.05) is 25.1 Å². The Hall–Kier alpha value is -0.0725. The van der Waals surface area contributed by atoms with Gasteiger partial charge in [-0.05, 0) is 46.2 Å². The zero-order valence-electron chi connectivity index (χ0n) is 14.9. The minimum absolute atomic E-state index is 0.650. The molecule has 4 nitrogen and oxygen atoms in total. The summed E-state index contributed by atoms with van der Waals surface area (Å²) in [5.74, 6) is 0. The molecule has 0 aliphatic carbocycles. The molecule has 1 rings (SSSR count). The highest BCUT2D eigenvalue weighted by molar-refractivity contribution is 6.90. The molecule has 0 radical (unpaired) electrons. The minimum Gasteiger partial charge on any atom is -0.416 e. The van der Waals surface area contributed by atoms with Gasteiger partial charge in [0, 0.05) is 11.8 Å². The lowest BCUT2D eigenvalue weighted by molar-refractivity contribution is 0.208. The Morgan fingerprint density at radius 1 is 0.909 bits per heavy atom. The molecular weight excluding hydrogens is 344 g/mol. The summed E-state index contributed by atoms with van der Waals surface area (Å²) in [6.45, 7) is 15.4. The van der Waals surface area contributed by atoms with Gasteiger partial charge in [-0.15, -0.1) is 0 Å². The van der Waals surface area contributed by atoms with E-state index in [4.69, 9.17) is 16.8 Å². The first-order valence-electron chi connectivity index (χ1n) is 7.96. The van der Waals surface area contributed by atoms with Crippen LogP contribution in [-0.4, -0.2) is 42.1 Å². The highest BCUT2D eigenvalue weighted by Crippen LogP contribution is 2.20. The van der Waals surface area contributed by atoms with Crippen LogP contribution in [0.2, 0.25) is 39.3 Å². The Bertz CT molecular complexity index is 430. The van der Waals surface area contributed by atoms with E-state index in [-0.39, 0.29) is 0 Å². The van der Waals surface area contributed by atoms with Gasteiger partial charge in [-0.1, -0.05) is 30.3 Å². The Labute approximate surface area is 140 Å². The first kappa shape index (κ1) is 20.0. The van der Waals surface area contributed by atoms with Gasteiger partial charge in [0.15, 0.2) is 18.1 Å². The summed E-state index contributed by atoms with van der Waals surface area (Å²) in [6, 6.07) is 10.2. The second-order valence-corrected chi connectivity index (χ2v) is 17.9. The van der Waals surface area contributed by atoms with E-state index in [1.54, 1.807) is 0 Å². The van der Waals surface area contributed by atoms with Gasteiger partial charge in [0.25, 0.3) is 0 Å². The molecule has 0 fully saturated rings. The first-order valence-corrected chi connectivity index (χ1v) is 18.1. The van der Waals surface area contributed by atoms with Crippen LogP contribution >= 0.6 is 0 Å². The molecule has 8 heteroatoms. The van der Waals surface area contributed by atoms with Crippen LogP contribution in [-0.2, 0) is 16.8 Å². The van der Waals surface area contributed by atoms with Crippen LogP contribution in [0, 0.1) is 0 Å². The standard InChI is InChI=1S/C14H30O4Si4/c1-8-15-21(6,7)18-22(16-19(2)3,17-20(4)5)14-12-10-9-11-13-14/h9-13,19-20H,8H2,1-7H3. The van der Waals surface area contributed by atoms with E-state index < -0.39 is 35.4 Å². The summed E-state index contributed by atoms with van der Waals surface area (Å²) < 4.78 is 25.3. The van der Waals surface area contributed by atoms with Gasteiger partial charge >= 0.3 is 17.4 Å². The van der Waals surface area contributed by atoms with E-state index in [1.165, 1.54) is 0 Å². The molecule has 126 valence electrons. The summed E-state index contributed by atoms with van der Waals surface area (Å²) >= 11 is 0. The second-order valence-electron chi connectivity index (χ2n) is 6.19. The maximum atomic E-state index is 6.55. The molecule has 0 unspecified atom stereocenters. The van der Waals surface area contributed by atoms with Gasteiger partial charge in [-0.2, -0.15) is 0 Å². The molecular formula is C14H30O4Si4. The predicted octanol–water partition coefficient (Wildman–Crippen LogP) is 2.59. The van der Waals surface area contributed by atoms with Gasteiger partial charge in [0.2, 0.25) is 0 Å². The molecule has 0 saturated heterocycles. The van der Waals surface area contributed by atoms with Crippen molar-refractivity contribution in [3.8, 4) is 0 Å². The molecule has 0 amide bonds. The van der Waals surface area contributed by atoms with Gasteiger partial charge < -0.3 is 16.8 Å². The molecule has 0 aliphatic rings. The maximum absolute atomic E-state index is 6.55. The lowest BCUT2D eigenvalue weighted by Gasteiger charge is -2.38. The zero-order valence-corrected chi connectivity index (χ0v) is 19.2. The van der Waals surface area contributed by atoms with E-state index in [9.17, 15) is 0 Å². The highest BCUT2D eigenvalue weighted by Gasteiger charge is 2.49. The van der Waals surface area contributed by atoms with Gasteiger partial charge in [-0.25, -0.2) is 0 Å². The Balaban J connectivity index is 3.25. The van der Waals surface area contributed by atoms with Crippen molar-refractivity contribution in [1.82, 2.24) is 0 Å². The fraction of sp³-hybridized carbons (Fsp3) is 0.571. The third kappa shape index (κ3) is 6.20. The van der Waals surface area contributed by atoms with Crippen molar-refractivity contribution < 1.29 is 16.8 Å². The van der Waals surface area contributed by atoms with Crippen molar-refractivity contribution in [2.24, 2.45) is 0 Å². The van der Waals surface area contributed by atoms with Crippen LogP contribution in [0.5, 0.6) is 0 Å². The van der Waals surface area contributed by atoms with Crippen LogP contribution in [0.15, 0.2) is 30.3 Å². The summed E-state index contributed by atoms with van der Waals surface area (Å²) in [5, 5.41) is 1.05. The Morgan fingerprint density at radius 3 is 1.82 bits per heavy atom. The lowest BCUT2D eigenvalue weighted by Crippen LogP contribution is -2.65.